The molecule has 1 saturated heterocycles. The molecule has 0 atom stereocenters. The molecule has 27 heavy (non-hydrogen) atoms. The molecule has 1 aromatic carbocycles. The molecule has 0 spiro atoms. The maximum Gasteiger partial charge on any atom is 0.272 e. The molecule has 1 amide bonds. The Morgan fingerprint density at radius 1 is 1.26 bits per heavy atom. The molecule has 146 valence electrons. The summed E-state index contributed by atoms with van der Waals surface area (Å²) in [4.78, 5) is 12.7. The van der Waals surface area contributed by atoms with Gasteiger partial charge in [-0.15, -0.1) is 0 Å². The number of hydrogen-bond acceptors (Lipinski definition) is 5. The van der Waals surface area contributed by atoms with E-state index >= 15 is 0 Å². The number of rotatable bonds is 5. The number of morpholine rings is 1. The number of methoxy groups -OCH3 is 1. The Labute approximate surface area is 162 Å². The van der Waals surface area contributed by atoms with E-state index in [1.54, 1.807) is 25.2 Å². The minimum absolute atomic E-state index is 0.0649. The highest BCUT2D eigenvalue weighted by Crippen LogP contribution is 2.28. The lowest BCUT2D eigenvalue weighted by atomic mass is 10.2. The van der Waals surface area contributed by atoms with Crippen molar-refractivity contribution in [3.8, 4) is 5.75 Å². The summed E-state index contributed by atoms with van der Waals surface area (Å²) in [6, 6.07) is 6.20. The van der Waals surface area contributed by atoms with E-state index in [4.69, 9.17) is 21.1 Å². The van der Waals surface area contributed by atoms with E-state index in [0.717, 1.165) is 0 Å². The SMILES string of the molecule is COc1ccc(Cl)cc1NC(=O)c1cc(S(=O)(=O)N2CCOCC2)cn1C. The van der Waals surface area contributed by atoms with Crippen LogP contribution in [-0.2, 0) is 21.8 Å². The number of aromatic nitrogens is 1. The number of halogens is 1. The molecule has 1 fully saturated rings. The van der Waals surface area contributed by atoms with Crippen molar-refractivity contribution in [2.24, 2.45) is 7.05 Å². The maximum absolute atomic E-state index is 12.8. The molecule has 0 saturated carbocycles. The molecule has 1 aromatic heterocycles. The molecule has 0 bridgehead atoms. The first-order chi connectivity index (χ1) is 12.8. The zero-order valence-corrected chi connectivity index (χ0v) is 16.5. The van der Waals surface area contributed by atoms with Gasteiger partial charge in [0.25, 0.3) is 5.91 Å². The van der Waals surface area contributed by atoms with Crippen molar-refractivity contribution in [3.63, 3.8) is 0 Å². The average molecular weight is 414 g/mol. The summed E-state index contributed by atoms with van der Waals surface area (Å²) in [7, 11) is -0.589. The lowest BCUT2D eigenvalue weighted by Gasteiger charge is -2.25. The Hall–Kier alpha value is -2.07. The van der Waals surface area contributed by atoms with Gasteiger partial charge >= 0.3 is 0 Å². The number of sulfonamides is 1. The topological polar surface area (TPSA) is 89.9 Å². The summed E-state index contributed by atoms with van der Waals surface area (Å²) < 4.78 is 38.8. The number of ether oxygens (including phenoxy) is 2. The zero-order valence-electron chi connectivity index (χ0n) is 14.9. The van der Waals surface area contributed by atoms with Gasteiger partial charge in [-0.25, -0.2) is 8.42 Å². The van der Waals surface area contributed by atoms with Crippen LogP contribution in [0.5, 0.6) is 5.75 Å². The smallest absolute Gasteiger partial charge is 0.272 e. The van der Waals surface area contributed by atoms with E-state index in [1.165, 1.54) is 28.2 Å². The maximum atomic E-state index is 12.8. The standard InChI is InChI=1S/C17H20ClN3O5S/c1-20-11-13(27(23,24)21-5-7-26-8-6-21)10-15(20)17(22)19-14-9-12(18)3-4-16(14)25-2/h3-4,9-11H,5-8H2,1-2H3,(H,19,22). The van der Waals surface area contributed by atoms with Gasteiger partial charge < -0.3 is 19.4 Å². The third-order valence-corrected chi connectivity index (χ3v) is 6.33. The molecule has 1 aliphatic rings. The van der Waals surface area contributed by atoms with Crippen LogP contribution in [0.25, 0.3) is 0 Å². The molecule has 0 radical (unpaired) electrons. The van der Waals surface area contributed by atoms with Crippen molar-refractivity contribution in [2.45, 2.75) is 4.90 Å². The van der Waals surface area contributed by atoms with E-state index in [9.17, 15) is 13.2 Å². The highest BCUT2D eigenvalue weighted by Gasteiger charge is 2.29. The van der Waals surface area contributed by atoms with Crippen LogP contribution in [0.1, 0.15) is 10.5 Å². The Balaban J connectivity index is 1.86. The van der Waals surface area contributed by atoms with E-state index < -0.39 is 15.9 Å². The summed E-state index contributed by atoms with van der Waals surface area (Å²) in [5.74, 6) is -0.0235. The van der Waals surface area contributed by atoms with Crippen LogP contribution in [0.3, 0.4) is 0 Å². The highest BCUT2D eigenvalue weighted by atomic mass is 35.5. The molecule has 2 heterocycles. The molecule has 0 unspecified atom stereocenters. The zero-order chi connectivity index (χ0) is 19.6. The fourth-order valence-corrected chi connectivity index (χ4v) is 4.45. The summed E-state index contributed by atoms with van der Waals surface area (Å²) in [6.45, 7) is 1.29. The van der Waals surface area contributed by atoms with Gasteiger partial charge in [-0.1, -0.05) is 11.6 Å². The van der Waals surface area contributed by atoms with Crippen LogP contribution >= 0.6 is 11.6 Å². The molecule has 8 nitrogen and oxygen atoms in total. The number of carbonyl (C=O) groups excluding carboxylic acids is 1. The minimum atomic E-state index is -3.68. The number of amides is 1. The van der Waals surface area contributed by atoms with Crippen LogP contribution in [-0.4, -0.2) is 56.6 Å². The van der Waals surface area contributed by atoms with Crippen molar-refractivity contribution >= 4 is 33.2 Å². The molecular formula is C17H20ClN3O5S. The van der Waals surface area contributed by atoms with Crippen LogP contribution in [0.15, 0.2) is 35.4 Å². The fraction of sp³-hybridized carbons (Fsp3) is 0.353. The van der Waals surface area contributed by atoms with Gasteiger partial charge in [-0.2, -0.15) is 4.31 Å². The van der Waals surface area contributed by atoms with Crippen molar-refractivity contribution in [1.29, 1.82) is 0 Å². The van der Waals surface area contributed by atoms with Gasteiger partial charge in [0.15, 0.2) is 0 Å². The number of carbonyl (C=O) groups is 1. The number of hydrogen-bond donors (Lipinski definition) is 1. The summed E-state index contributed by atoms with van der Waals surface area (Å²) >= 11 is 5.98. The average Bonchev–Trinajstić information content (AvgIpc) is 3.05. The first-order valence-electron chi connectivity index (χ1n) is 8.22. The van der Waals surface area contributed by atoms with E-state index in [0.29, 0.717) is 42.8 Å². The minimum Gasteiger partial charge on any atom is -0.495 e. The molecule has 3 rings (SSSR count). The second-order valence-corrected chi connectivity index (χ2v) is 8.36. The predicted octanol–water partition coefficient (Wildman–Crippen LogP) is 1.96. The summed E-state index contributed by atoms with van der Waals surface area (Å²) in [6.07, 6.45) is 1.43. The molecular weight excluding hydrogens is 394 g/mol. The fourth-order valence-electron chi connectivity index (χ4n) is 2.80. The summed E-state index contributed by atoms with van der Waals surface area (Å²) in [5.41, 5.74) is 0.595. The van der Waals surface area contributed by atoms with Gasteiger partial charge in [-0.05, 0) is 24.3 Å². The normalized spacial score (nSPS) is 15.5. The number of nitrogens with one attached hydrogen (secondary N) is 1. The van der Waals surface area contributed by atoms with Gasteiger partial charge in [-0.3, -0.25) is 4.79 Å². The van der Waals surface area contributed by atoms with Crippen molar-refractivity contribution < 1.29 is 22.7 Å². The first kappa shape index (κ1) is 19.7. The number of nitrogens with zero attached hydrogens (tertiary/aromatic N) is 2. The van der Waals surface area contributed by atoms with Crippen LogP contribution < -0.4 is 10.1 Å². The lowest BCUT2D eigenvalue weighted by molar-refractivity contribution is 0.0730. The summed E-state index contributed by atoms with van der Waals surface area (Å²) in [5, 5.41) is 3.14. The van der Waals surface area contributed by atoms with Crippen molar-refractivity contribution in [3.05, 3.63) is 41.2 Å². The quantitative estimate of drug-likeness (QED) is 0.809. The molecule has 0 aliphatic carbocycles. The van der Waals surface area contributed by atoms with Crippen LogP contribution in [0.4, 0.5) is 5.69 Å². The van der Waals surface area contributed by atoms with E-state index in [-0.39, 0.29) is 10.6 Å². The number of anilines is 1. The largest absolute Gasteiger partial charge is 0.495 e. The third-order valence-electron chi connectivity index (χ3n) is 4.23. The highest BCUT2D eigenvalue weighted by molar-refractivity contribution is 7.89. The Morgan fingerprint density at radius 2 is 1.96 bits per heavy atom. The van der Waals surface area contributed by atoms with Crippen molar-refractivity contribution in [2.75, 3.05) is 38.7 Å². The molecule has 2 aromatic rings. The van der Waals surface area contributed by atoms with Crippen molar-refractivity contribution in [1.82, 2.24) is 8.87 Å². The second kappa shape index (κ2) is 7.89. The van der Waals surface area contributed by atoms with E-state index in [2.05, 4.69) is 5.32 Å². The Kier molecular flexibility index (Phi) is 5.75. The van der Waals surface area contributed by atoms with Gasteiger partial charge in [0, 0.05) is 31.4 Å². The third kappa shape index (κ3) is 4.11. The monoisotopic (exact) mass is 413 g/mol. The molecule has 1 N–H and O–H groups in total. The first-order valence-corrected chi connectivity index (χ1v) is 10.0. The number of benzene rings is 1. The second-order valence-electron chi connectivity index (χ2n) is 5.99. The predicted molar refractivity (Wildman–Crippen MR) is 101 cm³/mol. The van der Waals surface area contributed by atoms with Crippen LogP contribution in [0.2, 0.25) is 5.02 Å². The van der Waals surface area contributed by atoms with Crippen LogP contribution in [0, 0.1) is 0 Å². The van der Waals surface area contributed by atoms with E-state index in [1.807, 2.05) is 0 Å². The molecule has 10 heteroatoms. The number of aryl methyl sites for hydroxylation is 1. The lowest BCUT2D eigenvalue weighted by Crippen LogP contribution is -2.40. The Morgan fingerprint density at radius 3 is 2.63 bits per heavy atom. The molecule has 1 aliphatic heterocycles. The Bertz CT molecular complexity index is 951. The van der Waals surface area contributed by atoms with Gasteiger partial charge in [0.1, 0.15) is 16.3 Å². The van der Waals surface area contributed by atoms with Gasteiger partial charge in [0.2, 0.25) is 10.0 Å². The van der Waals surface area contributed by atoms with Gasteiger partial charge in [0.05, 0.1) is 26.0 Å².